The zero-order chi connectivity index (χ0) is 20.4. The maximum Gasteiger partial charge on any atom is 0.219 e. The van der Waals surface area contributed by atoms with Gasteiger partial charge in [0.1, 0.15) is 11.6 Å². The lowest BCUT2D eigenvalue weighted by Crippen LogP contribution is -2.46. The number of anilines is 1. The van der Waals surface area contributed by atoms with Gasteiger partial charge in [0, 0.05) is 56.1 Å². The summed E-state index contributed by atoms with van der Waals surface area (Å²) in [5.41, 5.74) is 4.27. The van der Waals surface area contributed by atoms with Crippen molar-refractivity contribution in [2.45, 2.75) is 38.6 Å². The highest BCUT2D eigenvalue weighted by atomic mass is 16.5. The van der Waals surface area contributed by atoms with Gasteiger partial charge < -0.3 is 24.6 Å². The number of amides is 1. The average molecular weight is 399 g/mol. The highest BCUT2D eigenvalue weighted by Gasteiger charge is 2.30. The van der Waals surface area contributed by atoms with Crippen LogP contribution < -0.4 is 15.0 Å². The summed E-state index contributed by atoms with van der Waals surface area (Å²) in [5, 5.41) is 12.7. The van der Waals surface area contributed by atoms with Gasteiger partial charge in [-0.1, -0.05) is 6.07 Å². The molecule has 0 bridgehead atoms. The molecule has 1 unspecified atom stereocenters. The van der Waals surface area contributed by atoms with Crippen molar-refractivity contribution in [1.82, 2.24) is 10.2 Å². The van der Waals surface area contributed by atoms with Gasteiger partial charge in [-0.2, -0.15) is 0 Å². The van der Waals surface area contributed by atoms with Crippen molar-refractivity contribution >= 4 is 17.4 Å². The van der Waals surface area contributed by atoms with E-state index in [0.717, 1.165) is 61.5 Å². The number of amidine groups is 1. The van der Waals surface area contributed by atoms with E-state index in [9.17, 15) is 4.79 Å². The fourth-order valence-corrected chi connectivity index (χ4v) is 4.38. The number of nitrogens with zero attached hydrogens (tertiary/aromatic N) is 2. The van der Waals surface area contributed by atoms with Crippen molar-refractivity contribution in [3.05, 3.63) is 35.0 Å². The van der Waals surface area contributed by atoms with Crippen molar-refractivity contribution in [2.24, 2.45) is 0 Å². The molecular weight excluding hydrogens is 368 g/mol. The van der Waals surface area contributed by atoms with Crippen molar-refractivity contribution in [3.8, 4) is 5.75 Å². The first-order valence-electron chi connectivity index (χ1n) is 10.4. The molecule has 3 heterocycles. The molecule has 7 nitrogen and oxygen atoms in total. The summed E-state index contributed by atoms with van der Waals surface area (Å²) < 4.78 is 10.9. The Bertz CT molecular complexity index is 829. The van der Waals surface area contributed by atoms with Crippen LogP contribution in [0.1, 0.15) is 31.7 Å². The molecule has 3 aliphatic rings. The Balaban J connectivity index is 1.66. The molecule has 0 aliphatic carbocycles. The monoisotopic (exact) mass is 398 g/mol. The Kier molecular flexibility index (Phi) is 5.76. The van der Waals surface area contributed by atoms with Crippen LogP contribution in [-0.4, -0.2) is 62.6 Å². The Labute approximate surface area is 172 Å². The van der Waals surface area contributed by atoms with Crippen molar-refractivity contribution in [1.29, 1.82) is 5.41 Å². The molecule has 1 amide bonds. The zero-order valence-electron chi connectivity index (χ0n) is 17.3. The van der Waals surface area contributed by atoms with Crippen LogP contribution in [0, 0.1) is 5.41 Å². The molecule has 4 rings (SSSR count). The van der Waals surface area contributed by atoms with Crippen LogP contribution in [0.2, 0.25) is 0 Å². The highest BCUT2D eigenvalue weighted by Crippen LogP contribution is 2.33. The third-order valence-corrected chi connectivity index (χ3v) is 6.07. The number of fused-ring (bicyclic) bond motifs is 1. The van der Waals surface area contributed by atoms with Crippen molar-refractivity contribution in [3.63, 3.8) is 0 Å². The van der Waals surface area contributed by atoms with E-state index in [0.29, 0.717) is 25.5 Å². The second-order valence-corrected chi connectivity index (χ2v) is 7.95. The average Bonchev–Trinajstić information content (AvgIpc) is 3.25. The maximum absolute atomic E-state index is 12.0. The van der Waals surface area contributed by atoms with Crippen LogP contribution >= 0.6 is 0 Å². The van der Waals surface area contributed by atoms with Gasteiger partial charge in [0.2, 0.25) is 5.91 Å². The van der Waals surface area contributed by atoms with Gasteiger partial charge in [-0.3, -0.25) is 10.2 Å². The van der Waals surface area contributed by atoms with Crippen molar-refractivity contribution in [2.75, 3.05) is 44.9 Å². The van der Waals surface area contributed by atoms with Crippen LogP contribution in [0.25, 0.3) is 0 Å². The Morgan fingerprint density at radius 1 is 1.31 bits per heavy atom. The van der Waals surface area contributed by atoms with Crippen molar-refractivity contribution < 1.29 is 14.3 Å². The number of carbonyl (C=O) groups excluding carboxylic acids is 1. The molecule has 156 valence electrons. The van der Waals surface area contributed by atoms with Crippen LogP contribution in [0.3, 0.4) is 0 Å². The topological polar surface area (TPSA) is 77.9 Å². The molecule has 0 aromatic heterocycles. The molecule has 7 heteroatoms. The summed E-state index contributed by atoms with van der Waals surface area (Å²) in [4.78, 5) is 15.9. The van der Waals surface area contributed by atoms with E-state index in [-0.39, 0.29) is 11.9 Å². The van der Waals surface area contributed by atoms with Crippen LogP contribution in [-0.2, 0) is 16.0 Å². The summed E-state index contributed by atoms with van der Waals surface area (Å²) >= 11 is 0. The Hall–Kier alpha value is -2.54. The predicted octanol–water partition coefficient (Wildman–Crippen LogP) is 2.31. The van der Waals surface area contributed by atoms with Gasteiger partial charge in [-0.25, -0.2) is 0 Å². The molecule has 1 atom stereocenters. The van der Waals surface area contributed by atoms with E-state index < -0.39 is 0 Å². The smallest absolute Gasteiger partial charge is 0.219 e. The number of nitrogens with one attached hydrogen (secondary N) is 2. The minimum Gasteiger partial charge on any atom is -0.497 e. The number of methoxy groups -OCH3 is 1. The van der Waals surface area contributed by atoms with E-state index >= 15 is 0 Å². The molecule has 1 fully saturated rings. The van der Waals surface area contributed by atoms with Gasteiger partial charge in [-0.15, -0.1) is 0 Å². The lowest BCUT2D eigenvalue weighted by Gasteiger charge is -2.37. The number of hydrogen-bond donors (Lipinski definition) is 2. The quantitative estimate of drug-likeness (QED) is 0.601. The number of hydrogen-bond acceptors (Lipinski definition) is 5. The number of aryl methyl sites for hydroxylation is 1. The Morgan fingerprint density at radius 3 is 2.90 bits per heavy atom. The predicted molar refractivity (Wildman–Crippen MR) is 113 cm³/mol. The van der Waals surface area contributed by atoms with Gasteiger partial charge in [-0.05, 0) is 30.9 Å². The van der Waals surface area contributed by atoms with E-state index in [1.54, 1.807) is 14.0 Å². The zero-order valence-corrected chi connectivity index (χ0v) is 17.3. The first-order valence-corrected chi connectivity index (χ1v) is 10.4. The summed E-state index contributed by atoms with van der Waals surface area (Å²) in [6.45, 7) is 5.03. The second-order valence-electron chi connectivity index (χ2n) is 7.95. The third-order valence-electron chi connectivity index (χ3n) is 6.07. The van der Waals surface area contributed by atoms with E-state index in [1.807, 2.05) is 17.0 Å². The molecular formula is C22H30N4O3. The lowest BCUT2D eigenvalue weighted by atomic mass is 9.98. The van der Waals surface area contributed by atoms with E-state index in [2.05, 4.69) is 16.3 Å². The fraction of sp³-hybridized carbons (Fsp3) is 0.545. The highest BCUT2D eigenvalue weighted by molar-refractivity contribution is 6.09. The number of carbonyl (C=O) groups is 1. The standard InChI is InChI=1S/C22H30N4O3/c1-15(27)25-10-7-20(24-17-8-11-29-14-17)19(13-25)22(23)26-9-3-4-16-5-6-18(28-2)12-21(16)26/h5-6,12,17,23-24H,3-4,7-11,13-14H2,1-2H3. The molecule has 3 aliphatic heterocycles. The van der Waals surface area contributed by atoms with Crippen LogP contribution in [0.5, 0.6) is 5.75 Å². The molecule has 0 radical (unpaired) electrons. The molecule has 1 saturated heterocycles. The minimum absolute atomic E-state index is 0.0549. The summed E-state index contributed by atoms with van der Waals surface area (Å²) in [6.07, 6.45) is 3.73. The first-order chi connectivity index (χ1) is 14.1. The minimum atomic E-state index is 0.0549. The Morgan fingerprint density at radius 2 is 2.17 bits per heavy atom. The SMILES string of the molecule is COc1ccc2c(c1)N(C(=N)C1=C(NC3CCOC3)CCN(C(C)=O)C1)CCC2. The molecule has 29 heavy (non-hydrogen) atoms. The summed E-state index contributed by atoms with van der Waals surface area (Å²) in [6, 6.07) is 6.38. The number of benzene rings is 1. The van der Waals surface area contributed by atoms with E-state index in [4.69, 9.17) is 14.9 Å². The molecule has 0 spiro atoms. The molecule has 2 N–H and O–H groups in total. The van der Waals surface area contributed by atoms with Gasteiger partial charge >= 0.3 is 0 Å². The fourth-order valence-electron chi connectivity index (χ4n) is 4.38. The largest absolute Gasteiger partial charge is 0.497 e. The number of ether oxygens (including phenoxy) is 2. The van der Waals surface area contributed by atoms with Gasteiger partial charge in [0.05, 0.1) is 26.3 Å². The number of rotatable bonds is 4. The maximum atomic E-state index is 12.0. The first kappa shape index (κ1) is 19.8. The lowest BCUT2D eigenvalue weighted by molar-refractivity contribution is -0.128. The molecule has 1 aromatic carbocycles. The van der Waals surface area contributed by atoms with Crippen LogP contribution in [0.15, 0.2) is 29.5 Å². The summed E-state index contributed by atoms with van der Waals surface area (Å²) in [5.74, 6) is 1.33. The van der Waals surface area contributed by atoms with E-state index in [1.165, 1.54) is 5.56 Å². The normalized spacial score (nSPS) is 21.8. The molecule has 1 aromatic rings. The van der Waals surface area contributed by atoms with Gasteiger partial charge in [0.15, 0.2) is 0 Å². The van der Waals surface area contributed by atoms with Crippen LogP contribution in [0.4, 0.5) is 5.69 Å². The second kappa shape index (κ2) is 8.45. The summed E-state index contributed by atoms with van der Waals surface area (Å²) in [7, 11) is 1.67. The third kappa shape index (κ3) is 4.10. The molecule has 0 saturated carbocycles. The van der Waals surface area contributed by atoms with Gasteiger partial charge in [0.25, 0.3) is 0 Å².